The third kappa shape index (κ3) is 1.78. The van der Waals surface area contributed by atoms with Crippen LogP contribution in [0.2, 0.25) is 0 Å². The summed E-state index contributed by atoms with van der Waals surface area (Å²) in [5.74, 6) is 1.49. The number of anilines is 1. The predicted octanol–water partition coefficient (Wildman–Crippen LogP) is 3.02. The number of imidazole rings is 1. The maximum Gasteiger partial charge on any atom is 0.180 e. The molecule has 4 heteroatoms. The minimum Gasteiger partial charge on any atom is -0.453 e. The lowest BCUT2D eigenvalue weighted by Crippen LogP contribution is -1.92. The fourth-order valence-electron chi connectivity index (χ4n) is 1.84. The van der Waals surface area contributed by atoms with Crippen LogP contribution in [0.15, 0.2) is 48.9 Å². The van der Waals surface area contributed by atoms with Crippen LogP contribution in [0.3, 0.4) is 0 Å². The van der Waals surface area contributed by atoms with Gasteiger partial charge >= 0.3 is 0 Å². The Bertz CT molecular complexity index is 703. The van der Waals surface area contributed by atoms with Gasteiger partial charge in [-0.15, -0.1) is 0 Å². The minimum atomic E-state index is 0.728. The first kappa shape index (κ1) is 10.7. The van der Waals surface area contributed by atoms with Crippen molar-refractivity contribution in [1.29, 1.82) is 0 Å². The molecule has 0 atom stereocenters. The number of aromatic nitrogens is 2. The molecule has 0 saturated heterocycles. The summed E-state index contributed by atoms with van der Waals surface area (Å²) in [5, 5.41) is 0. The van der Waals surface area contributed by atoms with Crippen LogP contribution in [-0.4, -0.2) is 9.38 Å². The molecule has 4 nitrogen and oxygen atoms in total. The summed E-state index contributed by atoms with van der Waals surface area (Å²) in [4.78, 5) is 4.27. The molecule has 1 aromatic carbocycles. The number of hydrogen-bond acceptors (Lipinski definition) is 3. The first-order valence-electron chi connectivity index (χ1n) is 5.70. The molecule has 0 fully saturated rings. The number of rotatable bonds is 2. The molecule has 0 aliphatic carbocycles. The molecule has 90 valence electrons. The van der Waals surface area contributed by atoms with Crippen molar-refractivity contribution in [3.05, 3.63) is 54.5 Å². The van der Waals surface area contributed by atoms with Gasteiger partial charge in [0.1, 0.15) is 5.75 Å². The Hall–Kier alpha value is -2.49. The van der Waals surface area contributed by atoms with Crippen molar-refractivity contribution in [2.24, 2.45) is 0 Å². The van der Waals surface area contributed by atoms with Crippen LogP contribution in [0.5, 0.6) is 11.5 Å². The van der Waals surface area contributed by atoms with Crippen LogP contribution in [0, 0.1) is 6.92 Å². The van der Waals surface area contributed by atoms with Crippen molar-refractivity contribution < 1.29 is 4.74 Å². The van der Waals surface area contributed by atoms with Gasteiger partial charge in [0.05, 0.1) is 0 Å². The smallest absolute Gasteiger partial charge is 0.180 e. The predicted molar refractivity (Wildman–Crippen MR) is 70.9 cm³/mol. The zero-order valence-electron chi connectivity index (χ0n) is 10.00. The van der Waals surface area contributed by atoms with E-state index in [1.807, 2.05) is 54.0 Å². The highest BCUT2D eigenvalue weighted by atomic mass is 16.5. The van der Waals surface area contributed by atoms with Crippen molar-refractivity contribution in [1.82, 2.24) is 9.38 Å². The largest absolute Gasteiger partial charge is 0.453 e. The average molecular weight is 239 g/mol. The van der Waals surface area contributed by atoms with E-state index in [-0.39, 0.29) is 0 Å². The molecule has 2 N–H and O–H groups in total. The second-order valence-corrected chi connectivity index (χ2v) is 4.15. The Morgan fingerprint density at radius 3 is 2.94 bits per heavy atom. The van der Waals surface area contributed by atoms with Crippen molar-refractivity contribution in [3.63, 3.8) is 0 Å². The molecule has 0 aliphatic rings. The highest BCUT2D eigenvalue weighted by molar-refractivity contribution is 5.56. The standard InChI is InChI=1S/C14H13N3O/c1-10-9-11(4-5-12(10)15)18-13-3-2-7-17-8-6-16-14(13)17/h2-9H,15H2,1H3. The van der Waals surface area contributed by atoms with Gasteiger partial charge in [-0.1, -0.05) is 0 Å². The zero-order chi connectivity index (χ0) is 12.5. The summed E-state index contributed by atoms with van der Waals surface area (Å²) in [5.41, 5.74) is 8.35. The number of hydrogen-bond donors (Lipinski definition) is 1. The molecule has 0 amide bonds. The Morgan fingerprint density at radius 2 is 2.11 bits per heavy atom. The molecule has 18 heavy (non-hydrogen) atoms. The maximum atomic E-state index is 5.85. The lowest BCUT2D eigenvalue weighted by atomic mass is 10.2. The SMILES string of the molecule is Cc1cc(Oc2cccn3ccnc23)ccc1N. The van der Waals surface area contributed by atoms with Crippen molar-refractivity contribution in [3.8, 4) is 11.5 Å². The average Bonchev–Trinajstić information content (AvgIpc) is 2.83. The van der Waals surface area contributed by atoms with Crippen molar-refractivity contribution >= 4 is 11.3 Å². The van der Waals surface area contributed by atoms with Gasteiger partial charge in [0, 0.05) is 24.3 Å². The normalized spacial score (nSPS) is 10.7. The van der Waals surface area contributed by atoms with E-state index in [9.17, 15) is 0 Å². The molecule has 0 unspecified atom stereocenters. The van der Waals surface area contributed by atoms with E-state index in [0.717, 1.165) is 28.4 Å². The number of benzene rings is 1. The van der Waals surface area contributed by atoms with Gasteiger partial charge < -0.3 is 14.9 Å². The quantitative estimate of drug-likeness (QED) is 0.699. The molecule has 2 heterocycles. The van der Waals surface area contributed by atoms with Gasteiger partial charge in [0.2, 0.25) is 0 Å². The molecular formula is C14H13N3O. The van der Waals surface area contributed by atoms with Crippen molar-refractivity contribution in [2.45, 2.75) is 6.92 Å². The summed E-state index contributed by atoms with van der Waals surface area (Å²) < 4.78 is 7.76. The molecule has 2 aromatic heterocycles. The topological polar surface area (TPSA) is 52.5 Å². The fourth-order valence-corrected chi connectivity index (χ4v) is 1.84. The van der Waals surface area contributed by atoms with E-state index in [2.05, 4.69) is 4.98 Å². The Morgan fingerprint density at radius 1 is 1.22 bits per heavy atom. The Labute approximate surface area is 105 Å². The second kappa shape index (κ2) is 4.07. The molecule has 0 spiro atoms. The zero-order valence-corrected chi connectivity index (χ0v) is 10.00. The minimum absolute atomic E-state index is 0.728. The Kier molecular flexibility index (Phi) is 2.41. The highest BCUT2D eigenvalue weighted by Gasteiger charge is 2.05. The van der Waals surface area contributed by atoms with E-state index in [4.69, 9.17) is 10.5 Å². The fraction of sp³-hybridized carbons (Fsp3) is 0.0714. The van der Waals surface area contributed by atoms with Crippen molar-refractivity contribution in [2.75, 3.05) is 5.73 Å². The third-order valence-electron chi connectivity index (χ3n) is 2.85. The van der Waals surface area contributed by atoms with Crippen LogP contribution < -0.4 is 10.5 Å². The molecule has 0 saturated carbocycles. The second-order valence-electron chi connectivity index (χ2n) is 4.15. The summed E-state index contributed by atoms with van der Waals surface area (Å²) in [6.07, 6.45) is 5.57. The van der Waals surface area contributed by atoms with Crippen LogP contribution >= 0.6 is 0 Å². The number of pyridine rings is 1. The molecule has 3 rings (SSSR count). The van der Waals surface area contributed by atoms with Crippen LogP contribution in [0.25, 0.3) is 5.65 Å². The lowest BCUT2D eigenvalue weighted by molar-refractivity contribution is 0.484. The van der Waals surface area contributed by atoms with E-state index >= 15 is 0 Å². The molecule has 0 aliphatic heterocycles. The number of ether oxygens (including phenoxy) is 1. The summed E-state index contributed by atoms with van der Waals surface area (Å²) in [7, 11) is 0. The van der Waals surface area contributed by atoms with E-state index in [0.29, 0.717) is 0 Å². The number of aryl methyl sites for hydroxylation is 1. The monoisotopic (exact) mass is 239 g/mol. The van der Waals surface area contributed by atoms with Gasteiger partial charge in [0.15, 0.2) is 11.4 Å². The van der Waals surface area contributed by atoms with Gasteiger partial charge in [-0.25, -0.2) is 4.98 Å². The van der Waals surface area contributed by atoms with E-state index < -0.39 is 0 Å². The van der Waals surface area contributed by atoms with E-state index in [1.54, 1.807) is 6.20 Å². The Balaban J connectivity index is 2.01. The van der Waals surface area contributed by atoms with Gasteiger partial charge in [-0.2, -0.15) is 0 Å². The molecule has 3 aromatic rings. The summed E-state index contributed by atoms with van der Waals surface area (Å²) >= 11 is 0. The van der Waals surface area contributed by atoms with Gasteiger partial charge in [0.25, 0.3) is 0 Å². The lowest BCUT2D eigenvalue weighted by Gasteiger charge is -2.08. The number of nitrogens with two attached hydrogens (primary N) is 1. The molecular weight excluding hydrogens is 226 g/mol. The maximum absolute atomic E-state index is 5.85. The molecule has 0 radical (unpaired) electrons. The van der Waals surface area contributed by atoms with Crippen LogP contribution in [0.4, 0.5) is 5.69 Å². The number of nitrogen functional groups attached to an aromatic ring is 1. The number of nitrogens with zero attached hydrogens (tertiary/aromatic N) is 2. The van der Waals surface area contributed by atoms with Crippen LogP contribution in [0.1, 0.15) is 5.56 Å². The summed E-state index contributed by atoms with van der Waals surface area (Å²) in [6, 6.07) is 9.44. The van der Waals surface area contributed by atoms with E-state index in [1.165, 1.54) is 0 Å². The highest BCUT2D eigenvalue weighted by Crippen LogP contribution is 2.27. The molecule has 0 bridgehead atoms. The third-order valence-corrected chi connectivity index (χ3v) is 2.85. The number of fused-ring (bicyclic) bond motifs is 1. The van der Waals surface area contributed by atoms with Crippen LogP contribution in [-0.2, 0) is 0 Å². The first-order valence-corrected chi connectivity index (χ1v) is 5.70. The van der Waals surface area contributed by atoms with Gasteiger partial charge in [-0.3, -0.25) is 0 Å². The van der Waals surface area contributed by atoms with Gasteiger partial charge in [-0.05, 0) is 42.8 Å². The summed E-state index contributed by atoms with van der Waals surface area (Å²) in [6.45, 7) is 1.96. The first-order chi connectivity index (χ1) is 8.74.